The number of hydrazine groups is 1. The zero-order valence-corrected chi connectivity index (χ0v) is 10.3. The highest BCUT2D eigenvalue weighted by Gasteiger charge is 2.26. The lowest BCUT2D eigenvalue weighted by Crippen LogP contribution is -2.30. The Balaban J connectivity index is 2.35. The van der Waals surface area contributed by atoms with Crippen molar-refractivity contribution >= 4 is 17.3 Å². The van der Waals surface area contributed by atoms with Crippen molar-refractivity contribution < 1.29 is 4.92 Å². The average Bonchev–Trinajstić information content (AvgIpc) is 2.90. The topological polar surface area (TPSA) is 97.3 Å². The van der Waals surface area contributed by atoms with Crippen molar-refractivity contribution in [3.05, 3.63) is 22.2 Å². The van der Waals surface area contributed by atoms with Crippen LogP contribution < -0.4 is 16.2 Å². The van der Waals surface area contributed by atoms with Gasteiger partial charge in [-0.2, -0.15) is 0 Å². The third-order valence-corrected chi connectivity index (χ3v) is 3.41. The molecule has 0 radical (unpaired) electrons. The monoisotopic (exact) mass is 251 g/mol. The van der Waals surface area contributed by atoms with Gasteiger partial charge in [0.1, 0.15) is 5.82 Å². The molecular formula is C11H17N5O2. The van der Waals surface area contributed by atoms with E-state index in [4.69, 9.17) is 5.84 Å². The highest BCUT2D eigenvalue weighted by atomic mass is 16.6. The fraction of sp³-hybridized carbons (Fsp3) is 0.545. The molecule has 0 atom stereocenters. The smallest absolute Gasteiger partial charge is 0.311 e. The van der Waals surface area contributed by atoms with Crippen molar-refractivity contribution in [2.24, 2.45) is 5.84 Å². The van der Waals surface area contributed by atoms with Gasteiger partial charge in [-0.15, -0.1) is 0 Å². The quantitative estimate of drug-likeness (QED) is 0.480. The van der Waals surface area contributed by atoms with Gasteiger partial charge in [-0.25, -0.2) is 10.8 Å². The van der Waals surface area contributed by atoms with Crippen LogP contribution >= 0.6 is 0 Å². The lowest BCUT2D eigenvalue weighted by Gasteiger charge is -2.25. The SMILES string of the molecule is CN(c1nc(NN)ccc1[N+](=O)[O-])C1CCCC1. The van der Waals surface area contributed by atoms with Gasteiger partial charge in [0.25, 0.3) is 0 Å². The second-order valence-corrected chi connectivity index (χ2v) is 4.49. The predicted octanol–water partition coefficient (Wildman–Crippen LogP) is 1.65. The first-order valence-electron chi connectivity index (χ1n) is 5.98. The summed E-state index contributed by atoms with van der Waals surface area (Å²) in [5, 5.41) is 11.0. The Hall–Kier alpha value is -1.89. The van der Waals surface area contributed by atoms with Crippen molar-refractivity contribution in [3.8, 4) is 0 Å². The standard InChI is InChI=1S/C11H17N5O2/c1-15(8-4-2-3-5-8)11-9(16(17)18)6-7-10(13-11)14-12/h6-8H,2-5,12H2,1H3,(H,13,14). The maximum atomic E-state index is 11.0. The minimum absolute atomic E-state index is 0.0170. The first-order chi connectivity index (χ1) is 8.63. The summed E-state index contributed by atoms with van der Waals surface area (Å²) in [6.45, 7) is 0. The number of hydrogen-bond acceptors (Lipinski definition) is 6. The fourth-order valence-electron chi connectivity index (χ4n) is 2.39. The number of rotatable bonds is 4. The summed E-state index contributed by atoms with van der Waals surface area (Å²) in [6.07, 6.45) is 4.43. The van der Waals surface area contributed by atoms with Crippen molar-refractivity contribution in [1.82, 2.24) is 4.98 Å². The number of pyridine rings is 1. The van der Waals surface area contributed by atoms with E-state index in [1.54, 1.807) is 0 Å². The van der Waals surface area contributed by atoms with E-state index in [1.807, 2.05) is 11.9 Å². The Bertz CT molecular complexity index is 445. The van der Waals surface area contributed by atoms with Gasteiger partial charge in [-0.05, 0) is 18.9 Å². The predicted molar refractivity (Wildman–Crippen MR) is 69.4 cm³/mol. The number of anilines is 2. The van der Waals surface area contributed by atoms with Crippen LogP contribution in [-0.2, 0) is 0 Å². The molecule has 0 saturated heterocycles. The van der Waals surface area contributed by atoms with Crippen LogP contribution in [0.1, 0.15) is 25.7 Å². The molecule has 1 aromatic heterocycles. The first-order valence-corrected chi connectivity index (χ1v) is 5.98. The summed E-state index contributed by atoms with van der Waals surface area (Å²) < 4.78 is 0. The van der Waals surface area contributed by atoms with E-state index in [0.717, 1.165) is 25.7 Å². The molecule has 18 heavy (non-hydrogen) atoms. The Morgan fingerprint density at radius 1 is 1.50 bits per heavy atom. The highest BCUT2D eigenvalue weighted by Crippen LogP contribution is 2.32. The van der Waals surface area contributed by atoms with Crippen LogP contribution in [0.4, 0.5) is 17.3 Å². The van der Waals surface area contributed by atoms with Crippen LogP contribution in [0, 0.1) is 10.1 Å². The molecule has 1 fully saturated rings. The van der Waals surface area contributed by atoms with Crippen LogP contribution in [0.25, 0.3) is 0 Å². The molecule has 0 spiro atoms. The van der Waals surface area contributed by atoms with Crippen molar-refractivity contribution in [2.75, 3.05) is 17.4 Å². The summed E-state index contributed by atoms with van der Waals surface area (Å²) in [5.41, 5.74) is 2.44. The van der Waals surface area contributed by atoms with Crippen LogP contribution in [-0.4, -0.2) is 23.0 Å². The number of aromatic nitrogens is 1. The molecule has 0 unspecified atom stereocenters. The van der Waals surface area contributed by atoms with Gasteiger partial charge in [0, 0.05) is 19.2 Å². The molecule has 0 amide bonds. The molecule has 2 rings (SSSR count). The van der Waals surface area contributed by atoms with Gasteiger partial charge < -0.3 is 10.3 Å². The average molecular weight is 251 g/mol. The number of nitrogens with zero attached hydrogens (tertiary/aromatic N) is 3. The molecular weight excluding hydrogens is 234 g/mol. The Morgan fingerprint density at radius 3 is 2.72 bits per heavy atom. The molecule has 1 saturated carbocycles. The molecule has 0 bridgehead atoms. The Kier molecular flexibility index (Phi) is 3.61. The second kappa shape index (κ2) is 5.18. The molecule has 1 aliphatic rings. The van der Waals surface area contributed by atoms with Crippen LogP contribution in [0.3, 0.4) is 0 Å². The highest BCUT2D eigenvalue weighted by molar-refractivity contribution is 5.61. The zero-order chi connectivity index (χ0) is 13.1. The van der Waals surface area contributed by atoms with E-state index in [-0.39, 0.29) is 5.69 Å². The maximum absolute atomic E-state index is 11.0. The minimum Gasteiger partial charge on any atom is -0.351 e. The van der Waals surface area contributed by atoms with Gasteiger partial charge in [0.2, 0.25) is 5.82 Å². The molecule has 1 aliphatic carbocycles. The number of nitrogen functional groups attached to an aromatic ring is 1. The third-order valence-electron chi connectivity index (χ3n) is 3.41. The third kappa shape index (κ3) is 2.35. The summed E-state index contributed by atoms with van der Waals surface area (Å²) >= 11 is 0. The molecule has 1 aromatic rings. The van der Waals surface area contributed by atoms with Crippen LogP contribution in [0.2, 0.25) is 0 Å². The van der Waals surface area contributed by atoms with Gasteiger partial charge in [0.15, 0.2) is 0 Å². The normalized spacial score (nSPS) is 15.7. The molecule has 7 heteroatoms. The van der Waals surface area contributed by atoms with Crippen molar-refractivity contribution in [1.29, 1.82) is 0 Å². The molecule has 0 aromatic carbocycles. The molecule has 1 heterocycles. The van der Waals surface area contributed by atoms with Crippen LogP contribution in [0.5, 0.6) is 0 Å². The number of nitrogens with two attached hydrogens (primary N) is 1. The van der Waals surface area contributed by atoms with E-state index in [2.05, 4.69) is 10.4 Å². The van der Waals surface area contributed by atoms with E-state index < -0.39 is 4.92 Å². The van der Waals surface area contributed by atoms with Crippen molar-refractivity contribution in [3.63, 3.8) is 0 Å². The summed E-state index contributed by atoms with van der Waals surface area (Å²) in [7, 11) is 1.85. The number of hydrogen-bond donors (Lipinski definition) is 2. The van der Waals surface area contributed by atoms with E-state index in [0.29, 0.717) is 17.7 Å². The molecule has 7 nitrogen and oxygen atoms in total. The summed E-state index contributed by atoms with van der Waals surface area (Å²) in [5.74, 6) is 6.11. The lowest BCUT2D eigenvalue weighted by molar-refractivity contribution is -0.384. The summed E-state index contributed by atoms with van der Waals surface area (Å²) in [6, 6.07) is 3.26. The minimum atomic E-state index is -0.409. The summed E-state index contributed by atoms with van der Waals surface area (Å²) in [4.78, 5) is 16.7. The maximum Gasteiger partial charge on any atom is 0.311 e. The first kappa shape index (κ1) is 12.6. The lowest BCUT2D eigenvalue weighted by atomic mass is 10.2. The Labute approximate surface area is 105 Å². The van der Waals surface area contributed by atoms with E-state index in [9.17, 15) is 10.1 Å². The molecule has 98 valence electrons. The molecule has 0 aliphatic heterocycles. The largest absolute Gasteiger partial charge is 0.351 e. The van der Waals surface area contributed by atoms with Gasteiger partial charge in [0.05, 0.1) is 4.92 Å². The van der Waals surface area contributed by atoms with E-state index in [1.165, 1.54) is 12.1 Å². The van der Waals surface area contributed by atoms with Gasteiger partial charge in [-0.1, -0.05) is 12.8 Å². The number of nitro groups is 1. The number of nitrogens with one attached hydrogen (secondary N) is 1. The Morgan fingerprint density at radius 2 is 2.17 bits per heavy atom. The van der Waals surface area contributed by atoms with E-state index >= 15 is 0 Å². The van der Waals surface area contributed by atoms with Crippen LogP contribution in [0.15, 0.2) is 12.1 Å². The van der Waals surface area contributed by atoms with Gasteiger partial charge >= 0.3 is 5.69 Å². The molecule has 3 N–H and O–H groups in total. The van der Waals surface area contributed by atoms with Crippen molar-refractivity contribution in [2.45, 2.75) is 31.7 Å². The van der Waals surface area contributed by atoms with Gasteiger partial charge in [-0.3, -0.25) is 10.1 Å². The zero-order valence-electron chi connectivity index (χ0n) is 10.3. The fourth-order valence-corrected chi connectivity index (χ4v) is 2.39. The second-order valence-electron chi connectivity index (χ2n) is 4.49.